The van der Waals surface area contributed by atoms with Gasteiger partial charge in [0.05, 0.1) is 11.8 Å². The predicted molar refractivity (Wildman–Crippen MR) is 125 cm³/mol. The Morgan fingerprint density at radius 1 is 0.933 bits per heavy atom. The van der Waals surface area contributed by atoms with Gasteiger partial charge in [-0.1, -0.05) is 91.3 Å². The van der Waals surface area contributed by atoms with Gasteiger partial charge in [-0.25, -0.2) is 5.01 Å². The second-order valence-electron chi connectivity index (χ2n) is 9.03. The van der Waals surface area contributed by atoms with Crippen LogP contribution in [0.4, 0.5) is 0 Å². The highest BCUT2D eigenvalue weighted by Gasteiger charge is 2.40. The van der Waals surface area contributed by atoms with Crippen molar-refractivity contribution < 1.29 is 4.74 Å². The van der Waals surface area contributed by atoms with Crippen LogP contribution in [0.3, 0.4) is 0 Å². The zero-order chi connectivity index (χ0) is 20.9. The van der Waals surface area contributed by atoms with Crippen LogP contribution in [0, 0.1) is 0 Å². The smallest absolute Gasteiger partial charge is 0.213 e. The number of rotatable bonds is 2. The molecule has 4 heteroatoms. The van der Waals surface area contributed by atoms with E-state index < -0.39 is 0 Å². The summed E-state index contributed by atoms with van der Waals surface area (Å²) in [6.07, 6.45) is 0.644. The van der Waals surface area contributed by atoms with Gasteiger partial charge >= 0.3 is 0 Å². The van der Waals surface area contributed by atoms with Crippen molar-refractivity contribution >= 4 is 21.6 Å². The van der Waals surface area contributed by atoms with Gasteiger partial charge < -0.3 is 4.74 Å². The number of hydrogen-bond acceptors (Lipinski definition) is 3. The minimum absolute atomic E-state index is 0.127. The molecule has 152 valence electrons. The van der Waals surface area contributed by atoms with Crippen LogP contribution in [0.2, 0.25) is 0 Å². The number of nitrogens with zero attached hydrogens (tertiary/aromatic N) is 2. The van der Waals surface area contributed by atoms with Crippen LogP contribution >= 0.6 is 15.9 Å². The molecule has 0 saturated heterocycles. The number of ether oxygens (including phenoxy) is 1. The lowest BCUT2D eigenvalue weighted by Crippen LogP contribution is -2.33. The number of hydrogen-bond donors (Lipinski definition) is 0. The van der Waals surface area contributed by atoms with E-state index in [-0.39, 0.29) is 17.7 Å². The minimum atomic E-state index is -0.230. The molecule has 2 aliphatic heterocycles. The first kappa shape index (κ1) is 19.4. The first-order valence-corrected chi connectivity index (χ1v) is 11.2. The summed E-state index contributed by atoms with van der Waals surface area (Å²) in [5.41, 5.74) is 6.04. The molecule has 3 aromatic carbocycles. The standard InChI is InChI=1S/C26H25BrN2O/c1-26(2,3)19-12-8-18(9-13-19)25-29-23(21-6-4-5-7-24(21)30-25)16-22(28-29)17-10-14-20(27)15-11-17/h4-15,23,25H,16H2,1-3H3/t23-,25+/m1/s1. The van der Waals surface area contributed by atoms with Crippen molar-refractivity contribution in [1.82, 2.24) is 5.01 Å². The Kier molecular flexibility index (Phi) is 4.70. The first-order valence-electron chi connectivity index (χ1n) is 10.4. The molecule has 0 amide bonds. The topological polar surface area (TPSA) is 24.8 Å². The SMILES string of the molecule is CC(C)(C)c1ccc([C@@H]2Oc3ccccc3[C@H]3CC(c4ccc(Br)cc4)=NN32)cc1. The Morgan fingerprint density at radius 2 is 1.63 bits per heavy atom. The molecule has 0 fully saturated rings. The fourth-order valence-electron chi connectivity index (χ4n) is 4.22. The van der Waals surface area contributed by atoms with Gasteiger partial charge in [-0.2, -0.15) is 5.10 Å². The van der Waals surface area contributed by atoms with Gasteiger partial charge in [0.1, 0.15) is 5.75 Å². The monoisotopic (exact) mass is 460 g/mol. The van der Waals surface area contributed by atoms with E-state index >= 15 is 0 Å². The number of halogens is 1. The van der Waals surface area contributed by atoms with Crippen molar-refractivity contribution in [2.75, 3.05) is 0 Å². The molecule has 0 saturated carbocycles. The van der Waals surface area contributed by atoms with Crippen molar-refractivity contribution in [3.63, 3.8) is 0 Å². The lowest BCUT2D eigenvalue weighted by molar-refractivity contribution is -0.0190. The van der Waals surface area contributed by atoms with Crippen LogP contribution in [-0.4, -0.2) is 10.7 Å². The van der Waals surface area contributed by atoms with Crippen molar-refractivity contribution in [1.29, 1.82) is 0 Å². The molecule has 0 aromatic heterocycles. The largest absolute Gasteiger partial charge is 0.464 e. The zero-order valence-electron chi connectivity index (χ0n) is 17.5. The maximum absolute atomic E-state index is 6.47. The summed E-state index contributed by atoms with van der Waals surface area (Å²) in [5.74, 6) is 0.955. The third kappa shape index (κ3) is 3.43. The third-order valence-electron chi connectivity index (χ3n) is 5.94. The average molecular weight is 461 g/mol. The fraction of sp³-hybridized carbons (Fsp3) is 0.269. The maximum atomic E-state index is 6.47. The van der Waals surface area contributed by atoms with Gasteiger partial charge in [-0.3, -0.25) is 0 Å². The van der Waals surface area contributed by atoms with Gasteiger partial charge in [0.15, 0.2) is 0 Å². The van der Waals surface area contributed by atoms with Crippen LogP contribution in [-0.2, 0) is 5.41 Å². The molecule has 2 heterocycles. The number of fused-ring (bicyclic) bond motifs is 3. The molecular formula is C26H25BrN2O. The normalized spacial score (nSPS) is 20.3. The first-order chi connectivity index (χ1) is 14.4. The van der Waals surface area contributed by atoms with E-state index in [4.69, 9.17) is 9.84 Å². The van der Waals surface area contributed by atoms with Gasteiger partial charge in [-0.05, 0) is 34.7 Å². The molecule has 3 aromatic rings. The highest BCUT2D eigenvalue weighted by atomic mass is 79.9. The molecule has 0 bridgehead atoms. The minimum Gasteiger partial charge on any atom is -0.464 e. The van der Waals surface area contributed by atoms with E-state index in [9.17, 15) is 0 Å². The highest BCUT2D eigenvalue weighted by Crippen LogP contribution is 2.47. The summed E-state index contributed by atoms with van der Waals surface area (Å²) >= 11 is 3.53. The van der Waals surface area contributed by atoms with E-state index in [0.717, 1.165) is 33.5 Å². The van der Waals surface area contributed by atoms with Crippen LogP contribution in [0.15, 0.2) is 82.4 Å². The third-order valence-corrected chi connectivity index (χ3v) is 6.47. The number of hydrazone groups is 1. The van der Waals surface area contributed by atoms with Gasteiger partial charge in [-0.15, -0.1) is 0 Å². The molecule has 0 unspecified atom stereocenters. The lowest BCUT2D eigenvalue weighted by atomic mass is 9.86. The molecule has 2 aliphatic rings. The summed E-state index contributed by atoms with van der Waals surface area (Å²) < 4.78 is 7.55. The van der Waals surface area contributed by atoms with E-state index in [1.807, 2.05) is 6.07 Å². The number of benzene rings is 3. The Morgan fingerprint density at radius 3 is 2.33 bits per heavy atom. The van der Waals surface area contributed by atoms with Crippen LogP contribution in [0.1, 0.15) is 61.7 Å². The summed E-state index contributed by atoms with van der Waals surface area (Å²) in [4.78, 5) is 0. The molecule has 3 nitrogen and oxygen atoms in total. The Labute approximate surface area is 186 Å². The Bertz CT molecular complexity index is 1100. The van der Waals surface area contributed by atoms with Gasteiger partial charge in [0.2, 0.25) is 6.23 Å². The highest BCUT2D eigenvalue weighted by molar-refractivity contribution is 9.10. The lowest BCUT2D eigenvalue weighted by Gasteiger charge is -2.38. The van der Waals surface area contributed by atoms with Crippen LogP contribution in [0.25, 0.3) is 0 Å². The molecule has 0 radical (unpaired) electrons. The second-order valence-corrected chi connectivity index (χ2v) is 9.95. The molecule has 0 aliphatic carbocycles. The van der Waals surface area contributed by atoms with E-state index in [0.29, 0.717) is 0 Å². The molecule has 30 heavy (non-hydrogen) atoms. The van der Waals surface area contributed by atoms with Crippen LogP contribution < -0.4 is 4.74 Å². The molecule has 2 atom stereocenters. The van der Waals surface area contributed by atoms with Crippen molar-refractivity contribution in [2.24, 2.45) is 5.10 Å². The Hall–Kier alpha value is -2.59. The zero-order valence-corrected chi connectivity index (χ0v) is 19.1. The summed E-state index contributed by atoms with van der Waals surface area (Å²) in [5, 5.41) is 7.19. The van der Waals surface area contributed by atoms with Crippen LogP contribution in [0.5, 0.6) is 5.75 Å². The molecule has 0 N–H and O–H groups in total. The van der Waals surface area contributed by atoms with E-state index in [1.54, 1.807) is 0 Å². The van der Waals surface area contributed by atoms with Gasteiger partial charge in [0.25, 0.3) is 0 Å². The van der Waals surface area contributed by atoms with E-state index in [2.05, 4.69) is 108 Å². The summed E-state index contributed by atoms with van der Waals surface area (Å²) in [6, 6.07) is 25.7. The van der Waals surface area contributed by atoms with E-state index in [1.165, 1.54) is 11.1 Å². The number of para-hydroxylation sites is 1. The molecule has 5 rings (SSSR count). The second kappa shape index (κ2) is 7.28. The predicted octanol–water partition coefficient (Wildman–Crippen LogP) is 6.99. The average Bonchev–Trinajstić information content (AvgIpc) is 3.19. The molecule has 0 spiro atoms. The van der Waals surface area contributed by atoms with Crippen molar-refractivity contribution in [2.45, 2.75) is 44.9 Å². The quantitative estimate of drug-likeness (QED) is 0.411. The van der Waals surface area contributed by atoms with Gasteiger partial charge in [0, 0.05) is 22.0 Å². The fourth-order valence-corrected chi connectivity index (χ4v) is 4.48. The maximum Gasteiger partial charge on any atom is 0.213 e. The summed E-state index contributed by atoms with van der Waals surface area (Å²) in [6.45, 7) is 6.71. The molecular weight excluding hydrogens is 436 g/mol. The Balaban J connectivity index is 1.55. The van der Waals surface area contributed by atoms with Crippen molar-refractivity contribution in [3.8, 4) is 5.75 Å². The summed E-state index contributed by atoms with van der Waals surface area (Å²) in [7, 11) is 0. The van der Waals surface area contributed by atoms with Crippen molar-refractivity contribution in [3.05, 3.63) is 99.5 Å².